The van der Waals surface area contributed by atoms with Gasteiger partial charge >= 0.3 is 0 Å². The van der Waals surface area contributed by atoms with E-state index in [4.69, 9.17) is 16.6 Å². The van der Waals surface area contributed by atoms with Crippen LogP contribution < -0.4 is 10.0 Å². The molecule has 0 saturated carbocycles. The number of thioether (sulfide) groups is 1. The Balaban J connectivity index is 1.79. The Kier molecular flexibility index (Phi) is 5.16. The van der Waals surface area contributed by atoms with Crippen molar-refractivity contribution in [3.8, 4) is 11.1 Å². The Morgan fingerprint density at radius 2 is 1.90 bits per heavy atom. The molecule has 3 heterocycles. The van der Waals surface area contributed by atoms with Crippen molar-refractivity contribution in [1.82, 2.24) is 10.3 Å². The van der Waals surface area contributed by atoms with Crippen LogP contribution in [-0.2, 0) is 14.8 Å². The minimum atomic E-state index is -3.38. The number of aryl methyl sites for hydroxylation is 2. The van der Waals surface area contributed by atoms with Crippen molar-refractivity contribution in [3.05, 3.63) is 52.4 Å². The molecule has 0 aliphatic carbocycles. The van der Waals surface area contributed by atoms with Crippen molar-refractivity contribution in [2.24, 2.45) is 0 Å². The van der Waals surface area contributed by atoms with E-state index in [1.807, 2.05) is 32.0 Å². The maximum absolute atomic E-state index is 11.9. The van der Waals surface area contributed by atoms with E-state index in [0.717, 1.165) is 33.9 Å². The second kappa shape index (κ2) is 7.53. The molecule has 7 nitrogen and oxygen atoms in total. The molecule has 30 heavy (non-hydrogen) atoms. The molecule has 0 atom stereocenters. The van der Waals surface area contributed by atoms with Crippen LogP contribution in [0.25, 0.3) is 28.2 Å². The third kappa shape index (κ3) is 4.11. The molecule has 0 unspecified atom stereocenters. The first kappa shape index (κ1) is 20.6. The normalized spacial score (nSPS) is 15.8. The van der Waals surface area contributed by atoms with Gasteiger partial charge in [0.15, 0.2) is 0 Å². The first-order valence-electron chi connectivity index (χ1n) is 8.82. The second-order valence-electron chi connectivity index (χ2n) is 6.97. The Bertz CT molecular complexity index is 1330. The molecule has 1 amide bonds. The maximum Gasteiger partial charge on any atom is 0.263 e. The molecule has 1 aliphatic rings. The number of aromatic nitrogens is 1. The van der Waals surface area contributed by atoms with Crippen molar-refractivity contribution >= 4 is 67.0 Å². The van der Waals surface area contributed by atoms with E-state index in [0.29, 0.717) is 26.3 Å². The smallest absolute Gasteiger partial charge is 0.263 e. The molecular weight excluding hydrogens is 442 g/mol. The molecule has 0 bridgehead atoms. The Hall–Kier alpha value is -2.69. The highest BCUT2D eigenvalue weighted by Crippen LogP contribution is 2.35. The SMILES string of the molecule is Cc1cc(-c2cncc3cc(C=C4SC(=S)NC4=O)oc23)cc(C)c1NS(C)(=O)=O. The number of anilines is 1. The molecule has 1 aliphatic heterocycles. The van der Waals surface area contributed by atoms with Gasteiger partial charge in [-0.1, -0.05) is 24.0 Å². The van der Waals surface area contributed by atoms with Gasteiger partial charge in [0.05, 0.1) is 16.8 Å². The van der Waals surface area contributed by atoms with Crippen LogP contribution >= 0.6 is 24.0 Å². The van der Waals surface area contributed by atoms with Crippen LogP contribution in [0.2, 0.25) is 0 Å². The Labute approximate surface area is 183 Å². The Morgan fingerprint density at radius 3 is 2.50 bits per heavy atom. The van der Waals surface area contributed by atoms with Crippen molar-refractivity contribution in [1.29, 1.82) is 0 Å². The van der Waals surface area contributed by atoms with Gasteiger partial charge in [0.2, 0.25) is 10.0 Å². The van der Waals surface area contributed by atoms with Crippen LogP contribution in [0, 0.1) is 13.8 Å². The number of sulfonamides is 1. The highest BCUT2D eigenvalue weighted by molar-refractivity contribution is 8.26. The monoisotopic (exact) mass is 459 g/mol. The summed E-state index contributed by atoms with van der Waals surface area (Å²) in [6.45, 7) is 3.68. The fraction of sp³-hybridized carbons (Fsp3) is 0.150. The number of pyridine rings is 1. The van der Waals surface area contributed by atoms with Gasteiger partial charge in [-0.3, -0.25) is 14.5 Å². The summed E-state index contributed by atoms with van der Waals surface area (Å²) >= 11 is 6.20. The molecule has 1 aromatic carbocycles. The minimum Gasteiger partial charge on any atom is -0.456 e. The van der Waals surface area contributed by atoms with Gasteiger partial charge in [0.1, 0.15) is 15.7 Å². The molecule has 2 aromatic heterocycles. The molecule has 2 N–H and O–H groups in total. The van der Waals surface area contributed by atoms with Gasteiger partial charge in [0, 0.05) is 29.4 Å². The van der Waals surface area contributed by atoms with E-state index in [1.165, 1.54) is 11.8 Å². The number of hydrogen-bond donors (Lipinski definition) is 2. The van der Waals surface area contributed by atoms with E-state index in [1.54, 1.807) is 18.5 Å². The quantitative estimate of drug-likeness (QED) is 0.450. The summed E-state index contributed by atoms with van der Waals surface area (Å²) in [6.07, 6.45) is 6.17. The molecule has 4 rings (SSSR count). The van der Waals surface area contributed by atoms with Crippen LogP contribution in [0.15, 0.2) is 39.9 Å². The van der Waals surface area contributed by atoms with Gasteiger partial charge in [-0.15, -0.1) is 0 Å². The van der Waals surface area contributed by atoms with Crippen LogP contribution in [0.3, 0.4) is 0 Å². The molecule has 10 heteroatoms. The molecule has 154 valence electrons. The highest BCUT2D eigenvalue weighted by Gasteiger charge is 2.23. The first-order valence-corrected chi connectivity index (χ1v) is 11.9. The van der Waals surface area contributed by atoms with Gasteiger partial charge < -0.3 is 9.73 Å². The van der Waals surface area contributed by atoms with Gasteiger partial charge in [-0.2, -0.15) is 0 Å². The summed E-state index contributed by atoms with van der Waals surface area (Å²) in [6, 6.07) is 5.58. The summed E-state index contributed by atoms with van der Waals surface area (Å²) in [7, 11) is -3.38. The van der Waals surface area contributed by atoms with Crippen molar-refractivity contribution < 1.29 is 17.6 Å². The van der Waals surface area contributed by atoms with Crippen LogP contribution in [0.5, 0.6) is 0 Å². The zero-order valence-electron chi connectivity index (χ0n) is 16.3. The van der Waals surface area contributed by atoms with Gasteiger partial charge in [-0.25, -0.2) is 8.42 Å². The number of amides is 1. The molecule has 1 saturated heterocycles. The lowest BCUT2D eigenvalue weighted by atomic mass is 9.99. The van der Waals surface area contributed by atoms with Crippen molar-refractivity contribution in [2.45, 2.75) is 13.8 Å². The van der Waals surface area contributed by atoms with E-state index in [-0.39, 0.29) is 5.91 Å². The van der Waals surface area contributed by atoms with Crippen LogP contribution in [0.1, 0.15) is 16.9 Å². The number of benzene rings is 1. The molecule has 3 aromatic rings. The van der Waals surface area contributed by atoms with E-state index in [2.05, 4.69) is 15.0 Å². The number of fused-ring (bicyclic) bond motifs is 1. The fourth-order valence-electron chi connectivity index (χ4n) is 3.27. The van der Waals surface area contributed by atoms with Crippen molar-refractivity contribution in [3.63, 3.8) is 0 Å². The number of hydrogen-bond acceptors (Lipinski definition) is 7. The summed E-state index contributed by atoms with van der Waals surface area (Å²) < 4.78 is 32.3. The van der Waals surface area contributed by atoms with Gasteiger partial charge in [0.25, 0.3) is 5.91 Å². The molecule has 0 spiro atoms. The Morgan fingerprint density at radius 1 is 1.20 bits per heavy atom. The lowest BCUT2D eigenvalue weighted by molar-refractivity contribution is -0.115. The maximum atomic E-state index is 11.9. The fourth-order valence-corrected chi connectivity index (χ4v) is 4.99. The number of rotatable bonds is 4. The van der Waals surface area contributed by atoms with Gasteiger partial charge in [-0.05, 0) is 48.7 Å². The van der Waals surface area contributed by atoms with Crippen LogP contribution in [0.4, 0.5) is 5.69 Å². The average Bonchev–Trinajstić information content (AvgIpc) is 3.19. The topological polar surface area (TPSA) is 101 Å². The third-order valence-corrected chi connectivity index (χ3v) is 6.23. The first-order chi connectivity index (χ1) is 14.1. The van der Waals surface area contributed by atoms with E-state index in [9.17, 15) is 13.2 Å². The molecule has 1 fully saturated rings. The number of thiocarbonyl (C=S) groups is 1. The largest absolute Gasteiger partial charge is 0.456 e. The number of nitrogens with zero attached hydrogens (tertiary/aromatic N) is 1. The summed E-state index contributed by atoms with van der Waals surface area (Å²) in [5.41, 5.74) is 4.39. The predicted molar refractivity (Wildman–Crippen MR) is 124 cm³/mol. The molecular formula is C20H17N3O4S3. The molecule has 0 radical (unpaired) electrons. The zero-order valence-corrected chi connectivity index (χ0v) is 18.7. The summed E-state index contributed by atoms with van der Waals surface area (Å²) in [5, 5.41) is 3.37. The lowest BCUT2D eigenvalue weighted by Gasteiger charge is -2.13. The number of carbonyl (C=O) groups excluding carboxylic acids is 1. The van der Waals surface area contributed by atoms with E-state index < -0.39 is 10.0 Å². The lowest BCUT2D eigenvalue weighted by Crippen LogP contribution is -2.17. The minimum absolute atomic E-state index is 0.246. The average molecular weight is 460 g/mol. The zero-order chi connectivity index (χ0) is 21.6. The number of furan rings is 1. The van der Waals surface area contributed by atoms with E-state index >= 15 is 0 Å². The number of nitrogens with one attached hydrogen (secondary N) is 2. The number of carbonyl (C=O) groups is 1. The predicted octanol–water partition coefficient (Wildman–Crippen LogP) is 3.97. The van der Waals surface area contributed by atoms with Crippen LogP contribution in [-0.4, -0.2) is 29.9 Å². The standard InChI is InChI=1S/C20H17N3O4S3/c1-10-4-12(5-11(2)17(10)23-30(3,25)26)15-9-21-8-13-6-14(27-18(13)15)7-16-19(24)22-20(28)29-16/h4-9,23H,1-3H3,(H,22,24,28). The third-order valence-electron chi connectivity index (χ3n) is 4.49. The second-order valence-corrected chi connectivity index (χ2v) is 10.4. The highest BCUT2D eigenvalue weighted by atomic mass is 32.2. The summed E-state index contributed by atoms with van der Waals surface area (Å²) in [5.74, 6) is 0.273. The summed E-state index contributed by atoms with van der Waals surface area (Å²) in [4.78, 5) is 16.7. The van der Waals surface area contributed by atoms with Crippen molar-refractivity contribution in [2.75, 3.05) is 11.0 Å².